The van der Waals surface area contributed by atoms with E-state index in [1.165, 1.54) is 0 Å². The lowest BCUT2D eigenvalue weighted by atomic mass is 10.2. The molecule has 1 rings (SSSR count). The van der Waals surface area contributed by atoms with E-state index in [2.05, 4.69) is 4.99 Å². The van der Waals surface area contributed by atoms with Crippen molar-refractivity contribution >= 4 is 12.0 Å². The normalized spacial score (nSPS) is 17.3. The second-order valence-electron chi connectivity index (χ2n) is 1.81. The van der Waals surface area contributed by atoms with Crippen LogP contribution < -0.4 is 0 Å². The first-order valence-corrected chi connectivity index (χ1v) is 2.63. The topological polar surface area (TPSA) is 73.4 Å². The lowest BCUT2D eigenvalue weighted by molar-refractivity contribution is -0.112. The van der Waals surface area contributed by atoms with Crippen LogP contribution in [0, 0.1) is 11.3 Å². The average molecular weight is 136 g/mol. The number of aliphatic hydroxyl groups is 1. The number of Topliss-reactive ketones (excluding diaryl/α,β-unsaturated/α-hetero) is 1. The zero-order chi connectivity index (χ0) is 7.56. The molecule has 0 fully saturated rings. The number of carbonyl (C=O) groups is 1. The molecular formula is C6H4N2O2. The summed E-state index contributed by atoms with van der Waals surface area (Å²) in [7, 11) is 0. The van der Waals surface area contributed by atoms with Crippen molar-refractivity contribution in [1.29, 1.82) is 5.26 Å². The van der Waals surface area contributed by atoms with Crippen LogP contribution in [0.25, 0.3) is 0 Å². The highest BCUT2D eigenvalue weighted by molar-refractivity contribution is 6.29. The van der Waals surface area contributed by atoms with Gasteiger partial charge in [0.2, 0.25) is 0 Å². The number of nitrogens with zero attached hydrogens (tertiary/aromatic N) is 2. The largest absolute Gasteiger partial charge is 0.509 e. The van der Waals surface area contributed by atoms with Crippen molar-refractivity contribution < 1.29 is 9.90 Å². The lowest BCUT2D eigenvalue weighted by Crippen LogP contribution is -2.07. The van der Waals surface area contributed by atoms with Crippen molar-refractivity contribution in [2.75, 3.05) is 0 Å². The predicted octanol–water partition coefficient (Wildman–Crippen LogP) is 0.323. The fourth-order valence-corrected chi connectivity index (χ4v) is 0.599. The van der Waals surface area contributed by atoms with Crippen molar-refractivity contribution in [3.05, 3.63) is 11.5 Å². The molecule has 0 radical (unpaired) electrons. The number of allylic oxidation sites excluding steroid dienone is 2. The maximum Gasteiger partial charge on any atom is 0.181 e. The van der Waals surface area contributed by atoms with Gasteiger partial charge < -0.3 is 5.11 Å². The van der Waals surface area contributed by atoms with E-state index in [9.17, 15) is 4.79 Å². The van der Waals surface area contributed by atoms with Crippen molar-refractivity contribution in [3.8, 4) is 6.07 Å². The van der Waals surface area contributed by atoms with Crippen LogP contribution in [0.1, 0.15) is 6.42 Å². The van der Waals surface area contributed by atoms with Gasteiger partial charge in [-0.25, -0.2) is 4.99 Å². The van der Waals surface area contributed by atoms with Crippen LogP contribution >= 0.6 is 0 Å². The first kappa shape index (κ1) is 6.49. The molecular weight excluding hydrogens is 132 g/mol. The summed E-state index contributed by atoms with van der Waals surface area (Å²) < 4.78 is 0. The van der Waals surface area contributed by atoms with E-state index >= 15 is 0 Å². The molecule has 0 aromatic carbocycles. The molecule has 10 heavy (non-hydrogen) atoms. The molecule has 50 valence electrons. The molecule has 1 aliphatic heterocycles. The number of ketones is 1. The van der Waals surface area contributed by atoms with E-state index < -0.39 is 0 Å². The first-order valence-electron chi connectivity index (χ1n) is 2.63. The monoisotopic (exact) mass is 136 g/mol. The molecule has 1 N–H and O–H groups in total. The third kappa shape index (κ3) is 1.03. The van der Waals surface area contributed by atoms with Gasteiger partial charge >= 0.3 is 0 Å². The van der Waals surface area contributed by atoms with Crippen LogP contribution in [0.3, 0.4) is 0 Å². The lowest BCUT2D eigenvalue weighted by Gasteiger charge is -2.00. The first-order chi connectivity index (χ1) is 4.74. The van der Waals surface area contributed by atoms with Crippen molar-refractivity contribution in [2.45, 2.75) is 6.42 Å². The van der Waals surface area contributed by atoms with Crippen LogP contribution in [0.5, 0.6) is 0 Å². The zero-order valence-corrected chi connectivity index (χ0v) is 5.03. The Morgan fingerprint density at radius 2 is 2.50 bits per heavy atom. The molecule has 0 bridgehead atoms. The summed E-state index contributed by atoms with van der Waals surface area (Å²) in [5, 5.41) is 17.1. The highest BCUT2D eigenvalue weighted by atomic mass is 16.3. The Morgan fingerprint density at radius 1 is 1.80 bits per heavy atom. The van der Waals surface area contributed by atoms with Gasteiger partial charge in [0.15, 0.2) is 11.5 Å². The molecule has 0 unspecified atom stereocenters. The van der Waals surface area contributed by atoms with E-state index in [4.69, 9.17) is 10.4 Å². The Balaban J connectivity index is 2.96. The molecule has 0 aromatic heterocycles. The molecule has 1 heterocycles. The van der Waals surface area contributed by atoms with Crippen molar-refractivity contribution in [2.24, 2.45) is 4.99 Å². The van der Waals surface area contributed by atoms with Gasteiger partial charge in [-0.15, -0.1) is 0 Å². The Bertz CT molecular complexity index is 270. The fourth-order valence-electron chi connectivity index (χ4n) is 0.599. The highest BCUT2D eigenvalue weighted by Gasteiger charge is 2.12. The summed E-state index contributed by atoms with van der Waals surface area (Å²) in [4.78, 5) is 13.9. The van der Waals surface area contributed by atoms with E-state index in [0.717, 1.165) is 6.21 Å². The smallest absolute Gasteiger partial charge is 0.181 e. The van der Waals surface area contributed by atoms with Gasteiger partial charge in [0.1, 0.15) is 11.8 Å². The summed E-state index contributed by atoms with van der Waals surface area (Å²) in [5.41, 5.74) is -0.0698. The van der Waals surface area contributed by atoms with Gasteiger partial charge in [-0.2, -0.15) is 5.26 Å². The SMILES string of the molecule is N#CC1=C(O)CC(=O)C=N1. The number of nitriles is 1. The van der Waals surface area contributed by atoms with Gasteiger partial charge in [-0.1, -0.05) is 0 Å². The second kappa shape index (κ2) is 2.31. The van der Waals surface area contributed by atoms with Crippen LogP contribution in [0.15, 0.2) is 16.4 Å². The molecule has 0 aliphatic carbocycles. The van der Waals surface area contributed by atoms with E-state index in [-0.39, 0.29) is 23.7 Å². The Hall–Kier alpha value is -1.63. The number of hydrogen-bond donors (Lipinski definition) is 1. The van der Waals surface area contributed by atoms with Gasteiger partial charge in [-0.05, 0) is 0 Å². The number of carbonyl (C=O) groups excluding carboxylic acids is 1. The van der Waals surface area contributed by atoms with Crippen molar-refractivity contribution in [3.63, 3.8) is 0 Å². The van der Waals surface area contributed by atoms with Gasteiger partial charge in [0, 0.05) is 0 Å². The maximum atomic E-state index is 10.5. The van der Waals surface area contributed by atoms with E-state index in [1.807, 2.05) is 0 Å². The van der Waals surface area contributed by atoms with E-state index in [1.54, 1.807) is 6.07 Å². The minimum Gasteiger partial charge on any atom is -0.509 e. The van der Waals surface area contributed by atoms with Crippen molar-refractivity contribution in [1.82, 2.24) is 0 Å². The molecule has 4 nitrogen and oxygen atoms in total. The Morgan fingerprint density at radius 3 is 3.00 bits per heavy atom. The van der Waals surface area contributed by atoms with Crippen LogP contribution in [-0.4, -0.2) is 17.1 Å². The number of hydrogen-bond acceptors (Lipinski definition) is 4. The predicted molar refractivity (Wildman–Crippen MR) is 33.4 cm³/mol. The summed E-state index contributed by atoms with van der Waals surface area (Å²) >= 11 is 0. The number of aliphatic hydroxyl groups excluding tert-OH is 1. The Kier molecular flexibility index (Phi) is 1.50. The van der Waals surface area contributed by atoms with E-state index in [0.29, 0.717) is 0 Å². The fraction of sp³-hybridized carbons (Fsp3) is 0.167. The standard InChI is InChI=1S/C6H4N2O2/c7-2-5-6(10)1-4(9)3-8-5/h3,10H,1H2. The maximum absolute atomic E-state index is 10.5. The van der Waals surface area contributed by atoms with Gasteiger partial charge in [0.25, 0.3) is 0 Å². The molecule has 1 aliphatic rings. The van der Waals surface area contributed by atoms with Gasteiger partial charge in [-0.3, -0.25) is 4.79 Å². The van der Waals surface area contributed by atoms with Crippen LogP contribution in [-0.2, 0) is 4.79 Å². The molecule has 0 amide bonds. The number of rotatable bonds is 0. The third-order valence-electron chi connectivity index (χ3n) is 1.06. The summed E-state index contributed by atoms with van der Waals surface area (Å²) in [6.07, 6.45) is 0.935. The van der Waals surface area contributed by atoms with Crippen LogP contribution in [0.4, 0.5) is 0 Å². The molecule has 0 saturated heterocycles. The summed E-state index contributed by atoms with van der Waals surface area (Å²) in [6, 6.07) is 1.65. The number of aliphatic imine (C=N–C) groups is 1. The Labute approximate surface area is 57.1 Å². The molecule has 0 spiro atoms. The molecule has 4 heteroatoms. The zero-order valence-electron chi connectivity index (χ0n) is 5.03. The quantitative estimate of drug-likeness (QED) is 0.521. The average Bonchev–Trinajstić information content (AvgIpc) is 1.88. The second-order valence-corrected chi connectivity index (χ2v) is 1.81. The minimum absolute atomic E-state index is 0.0698. The minimum atomic E-state index is -0.281. The third-order valence-corrected chi connectivity index (χ3v) is 1.06. The molecule has 0 saturated carbocycles. The van der Waals surface area contributed by atoms with Gasteiger partial charge in [0.05, 0.1) is 12.6 Å². The summed E-state index contributed by atoms with van der Waals surface area (Å²) in [6.45, 7) is 0. The molecule has 0 atom stereocenters. The highest BCUT2D eigenvalue weighted by Crippen LogP contribution is 2.09. The summed E-state index contributed by atoms with van der Waals surface area (Å²) in [5.74, 6) is -0.522. The molecule has 0 aromatic rings. The van der Waals surface area contributed by atoms with Crippen LogP contribution in [0.2, 0.25) is 0 Å².